The number of aryl methyl sites for hydroxylation is 1. The van der Waals surface area contributed by atoms with Crippen molar-refractivity contribution < 1.29 is 14.4 Å². The van der Waals surface area contributed by atoms with Crippen LogP contribution in [0.1, 0.15) is 24.0 Å². The molecule has 2 aliphatic carbocycles. The number of fused-ring (bicyclic) bond motifs is 5. The molecule has 0 spiro atoms. The number of allylic oxidation sites excluding steroid dienone is 2. The third kappa shape index (κ3) is 2.49. The summed E-state index contributed by atoms with van der Waals surface area (Å²) >= 11 is 0. The standard InChI is InChI=1S/C20H22N2O3/c1-11-4-3-5-15(12(11)2)21-16(23)8-9-22-19(24)17-13-6-7-14(10-13)18(17)20(22)25/h3-7,13-14,17-18H,8-10H2,1-2H3,(H,21,23)/t13-,14+,17-,18-/m0/s1. The Labute approximate surface area is 147 Å². The van der Waals surface area contributed by atoms with Gasteiger partial charge in [-0.1, -0.05) is 24.3 Å². The van der Waals surface area contributed by atoms with E-state index in [1.165, 1.54) is 4.90 Å². The Hall–Kier alpha value is -2.43. The van der Waals surface area contributed by atoms with E-state index in [1.54, 1.807) is 0 Å². The lowest BCUT2D eigenvalue weighted by molar-refractivity contribution is -0.140. The molecular formula is C20H22N2O3. The van der Waals surface area contributed by atoms with Gasteiger partial charge in [0.05, 0.1) is 11.8 Å². The smallest absolute Gasteiger partial charge is 0.233 e. The Bertz CT molecular complexity index is 768. The normalized spacial score (nSPS) is 29.4. The molecule has 130 valence electrons. The Morgan fingerprint density at radius 2 is 1.76 bits per heavy atom. The summed E-state index contributed by atoms with van der Waals surface area (Å²) in [5.74, 6) is -0.320. The number of nitrogens with one attached hydrogen (secondary N) is 1. The zero-order valence-corrected chi connectivity index (χ0v) is 14.5. The molecule has 3 amide bonds. The molecule has 1 saturated carbocycles. The summed E-state index contributed by atoms with van der Waals surface area (Å²) in [6.45, 7) is 4.12. The summed E-state index contributed by atoms with van der Waals surface area (Å²) in [6, 6.07) is 5.75. The molecule has 2 bridgehead atoms. The Balaban J connectivity index is 1.39. The first-order valence-electron chi connectivity index (χ1n) is 8.87. The number of likely N-dealkylation sites (tertiary alicyclic amines) is 1. The van der Waals surface area contributed by atoms with Gasteiger partial charge in [-0.2, -0.15) is 0 Å². The van der Waals surface area contributed by atoms with E-state index in [0.717, 1.165) is 23.2 Å². The van der Waals surface area contributed by atoms with Crippen LogP contribution in [-0.2, 0) is 14.4 Å². The van der Waals surface area contributed by atoms with Crippen LogP contribution in [0.2, 0.25) is 0 Å². The van der Waals surface area contributed by atoms with Crippen LogP contribution in [0.3, 0.4) is 0 Å². The van der Waals surface area contributed by atoms with Gasteiger partial charge in [-0.3, -0.25) is 19.3 Å². The number of rotatable bonds is 4. The van der Waals surface area contributed by atoms with Crippen LogP contribution in [0, 0.1) is 37.5 Å². The average Bonchev–Trinajstić information content (AvgIpc) is 3.25. The topological polar surface area (TPSA) is 66.5 Å². The molecule has 5 nitrogen and oxygen atoms in total. The zero-order valence-electron chi connectivity index (χ0n) is 14.5. The molecule has 25 heavy (non-hydrogen) atoms. The molecule has 0 unspecified atom stereocenters. The molecule has 1 saturated heterocycles. The predicted molar refractivity (Wildman–Crippen MR) is 93.6 cm³/mol. The predicted octanol–water partition coefficient (Wildman–Crippen LogP) is 2.44. The van der Waals surface area contributed by atoms with E-state index in [-0.39, 0.29) is 54.4 Å². The van der Waals surface area contributed by atoms with Gasteiger partial charge in [-0.15, -0.1) is 0 Å². The zero-order chi connectivity index (χ0) is 17.7. The van der Waals surface area contributed by atoms with Crippen molar-refractivity contribution >= 4 is 23.4 Å². The lowest BCUT2D eigenvalue weighted by atomic mass is 9.85. The summed E-state index contributed by atoms with van der Waals surface area (Å²) in [7, 11) is 0. The molecule has 1 aromatic carbocycles. The molecule has 0 radical (unpaired) electrons. The van der Waals surface area contributed by atoms with Crippen LogP contribution in [0.5, 0.6) is 0 Å². The number of carbonyl (C=O) groups excluding carboxylic acids is 3. The van der Waals surface area contributed by atoms with Gasteiger partial charge in [0, 0.05) is 18.7 Å². The number of benzene rings is 1. The number of carbonyl (C=O) groups is 3. The molecule has 1 aliphatic heterocycles. The molecule has 4 rings (SSSR count). The first-order chi connectivity index (χ1) is 12.0. The summed E-state index contributed by atoms with van der Waals surface area (Å²) in [5, 5.41) is 2.88. The van der Waals surface area contributed by atoms with E-state index in [9.17, 15) is 14.4 Å². The maximum atomic E-state index is 12.6. The molecule has 1 heterocycles. The van der Waals surface area contributed by atoms with E-state index in [2.05, 4.69) is 17.5 Å². The van der Waals surface area contributed by atoms with E-state index in [0.29, 0.717) is 0 Å². The Morgan fingerprint density at radius 3 is 2.40 bits per heavy atom. The first kappa shape index (κ1) is 16.1. The summed E-state index contributed by atoms with van der Waals surface area (Å²) < 4.78 is 0. The van der Waals surface area contributed by atoms with Gasteiger partial charge in [0.2, 0.25) is 17.7 Å². The SMILES string of the molecule is Cc1cccc(NC(=O)CCN2C(=O)[C@@H]3[C@@H](C2=O)[C@H]2C=C[C@@H]3C2)c1C. The largest absolute Gasteiger partial charge is 0.326 e. The molecule has 1 N–H and O–H groups in total. The van der Waals surface area contributed by atoms with Crippen LogP contribution < -0.4 is 5.32 Å². The summed E-state index contributed by atoms with van der Waals surface area (Å²) in [4.78, 5) is 38.8. The van der Waals surface area contributed by atoms with Crippen molar-refractivity contribution in [2.75, 3.05) is 11.9 Å². The summed E-state index contributed by atoms with van der Waals surface area (Å²) in [5.41, 5.74) is 2.92. The van der Waals surface area contributed by atoms with Crippen LogP contribution in [0.25, 0.3) is 0 Å². The average molecular weight is 338 g/mol. The number of anilines is 1. The van der Waals surface area contributed by atoms with Crippen molar-refractivity contribution in [3.63, 3.8) is 0 Å². The fourth-order valence-electron chi connectivity index (χ4n) is 4.50. The quantitative estimate of drug-likeness (QED) is 0.677. The molecule has 4 atom stereocenters. The molecular weight excluding hydrogens is 316 g/mol. The van der Waals surface area contributed by atoms with E-state index in [4.69, 9.17) is 0 Å². The molecule has 1 aromatic rings. The summed E-state index contributed by atoms with van der Waals surface area (Å²) in [6.07, 6.45) is 5.21. The van der Waals surface area contributed by atoms with Gasteiger partial charge in [-0.05, 0) is 49.3 Å². The highest BCUT2D eigenvalue weighted by molar-refractivity contribution is 6.06. The molecule has 0 aromatic heterocycles. The first-order valence-corrected chi connectivity index (χ1v) is 8.87. The molecule has 5 heteroatoms. The van der Waals surface area contributed by atoms with Crippen LogP contribution in [-0.4, -0.2) is 29.2 Å². The second-order valence-corrected chi connectivity index (χ2v) is 7.37. The highest BCUT2D eigenvalue weighted by Crippen LogP contribution is 2.52. The third-order valence-corrected chi connectivity index (χ3v) is 6.00. The van der Waals surface area contributed by atoms with Crippen LogP contribution in [0.4, 0.5) is 5.69 Å². The van der Waals surface area contributed by atoms with E-state index < -0.39 is 0 Å². The number of imide groups is 1. The lowest BCUT2D eigenvalue weighted by Crippen LogP contribution is -2.35. The Morgan fingerprint density at radius 1 is 1.12 bits per heavy atom. The third-order valence-electron chi connectivity index (χ3n) is 6.00. The van der Waals surface area contributed by atoms with Crippen molar-refractivity contribution in [1.29, 1.82) is 0 Å². The van der Waals surface area contributed by atoms with Crippen LogP contribution >= 0.6 is 0 Å². The fourth-order valence-corrected chi connectivity index (χ4v) is 4.50. The van der Waals surface area contributed by atoms with E-state index >= 15 is 0 Å². The lowest BCUT2D eigenvalue weighted by Gasteiger charge is -2.17. The fraction of sp³-hybridized carbons (Fsp3) is 0.450. The minimum absolute atomic E-state index is 0.0913. The maximum Gasteiger partial charge on any atom is 0.233 e. The van der Waals surface area contributed by atoms with Gasteiger partial charge in [-0.25, -0.2) is 0 Å². The minimum Gasteiger partial charge on any atom is -0.326 e. The monoisotopic (exact) mass is 338 g/mol. The van der Waals surface area contributed by atoms with Crippen molar-refractivity contribution in [3.05, 3.63) is 41.5 Å². The van der Waals surface area contributed by atoms with Crippen molar-refractivity contribution in [3.8, 4) is 0 Å². The van der Waals surface area contributed by atoms with Crippen molar-refractivity contribution in [2.45, 2.75) is 26.7 Å². The second-order valence-electron chi connectivity index (χ2n) is 7.37. The number of nitrogens with zero attached hydrogens (tertiary/aromatic N) is 1. The van der Waals surface area contributed by atoms with Gasteiger partial charge >= 0.3 is 0 Å². The van der Waals surface area contributed by atoms with Crippen molar-refractivity contribution in [2.24, 2.45) is 23.7 Å². The number of amides is 3. The highest BCUT2D eigenvalue weighted by Gasteiger charge is 2.58. The minimum atomic E-state index is -0.190. The van der Waals surface area contributed by atoms with Gasteiger partial charge in [0.15, 0.2) is 0 Å². The highest BCUT2D eigenvalue weighted by atomic mass is 16.2. The van der Waals surface area contributed by atoms with Crippen molar-refractivity contribution in [1.82, 2.24) is 4.90 Å². The molecule has 3 aliphatic rings. The maximum absolute atomic E-state index is 12.6. The van der Waals surface area contributed by atoms with Gasteiger partial charge in [0.25, 0.3) is 0 Å². The second kappa shape index (κ2) is 5.83. The van der Waals surface area contributed by atoms with Gasteiger partial charge in [0.1, 0.15) is 0 Å². The number of hydrogen-bond donors (Lipinski definition) is 1. The van der Waals surface area contributed by atoms with Crippen LogP contribution in [0.15, 0.2) is 30.4 Å². The number of hydrogen-bond acceptors (Lipinski definition) is 3. The van der Waals surface area contributed by atoms with E-state index in [1.807, 2.05) is 32.0 Å². The van der Waals surface area contributed by atoms with Gasteiger partial charge < -0.3 is 5.32 Å². The Kier molecular flexibility index (Phi) is 3.74. The molecule has 2 fully saturated rings.